The first-order valence-electron chi connectivity index (χ1n) is 6.11. The van der Waals surface area contributed by atoms with Crippen LogP contribution in [0.3, 0.4) is 0 Å². The summed E-state index contributed by atoms with van der Waals surface area (Å²) in [6, 6.07) is 1.04. The van der Waals surface area contributed by atoms with Gasteiger partial charge in [-0.1, -0.05) is 34.1 Å². The molecule has 0 aromatic heterocycles. The summed E-state index contributed by atoms with van der Waals surface area (Å²) in [6.45, 7) is 9.42. The number of hydrogen-bond acceptors (Lipinski definition) is 2. The van der Waals surface area contributed by atoms with Gasteiger partial charge in [-0.2, -0.15) is 0 Å². The third-order valence-corrected chi connectivity index (χ3v) is 8.74. The Kier molecular flexibility index (Phi) is 4.12. The second-order valence-corrected chi connectivity index (χ2v) is 10.1. The minimum atomic E-state index is -2.15. The van der Waals surface area contributed by atoms with E-state index < -0.39 is 8.32 Å². The van der Waals surface area contributed by atoms with Crippen molar-refractivity contribution in [3.05, 3.63) is 0 Å². The zero-order valence-electron chi connectivity index (χ0n) is 10.6. The van der Waals surface area contributed by atoms with Crippen LogP contribution in [0, 0.1) is 0 Å². The fourth-order valence-corrected chi connectivity index (χ4v) is 6.95. The number of carbonyl (C=O) groups is 1. The quantitative estimate of drug-likeness (QED) is 0.692. The van der Waals surface area contributed by atoms with Crippen molar-refractivity contribution in [2.45, 2.75) is 64.5 Å². The van der Waals surface area contributed by atoms with Crippen molar-refractivity contribution >= 4 is 13.7 Å². The van der Waals surface area contributed by atoms with Gasteiger partial charge in [0.1, 0.15) is 5.41 Å². The lowest BCUT2D eigenvalue weighted by atomic mass is 10.2. The maximum Gasteiger partial charge on any atom is 0.269 e. The predicted molar refractivity (Wildman–Crippen MR) is 65.4 cm³/mol. The third-order valence-electron chi connectivity index (χ3n) is 3.41. The second kappa shape index (κ2) is 4.79. The van der Waals surface area contributed by atoms with Gasteiger partial charge in [0, 0.05) is 13.0 Å². The maximum atomic E-state index is 12.3. The van der Waals surface area contributed by atoms with Gasteiger partial charge in [0.25, 0.3) is 8.32 Å². The van der Waals surface area contributed by atoms with Crippen molar-refractivity contribution < 1.29 is 9.22 Å². The molecule has 15 heavy (non-hydrogen) atoms. The second-order valence-electron chi connectivity index (χ2n) is 5.56. The first-order valence-corrected chi connectivity index (χ1v) is 8.23. The van der Waals surface area contributed by atoms with Crippen LogP contribution in [0.25, 0.3) is 0 Å². The molecule has 1 saturated heterocycles. The van der Waals surface area contributed by atoms with E-state index in [9.17, 15) is 4.79 Å². The minimum Gasteiger partial charge on any atom is -0.409 e. The van der Waals surface area contributed by atoms with Crippen LogP contribution in [0.5, 0.6) is 0 Å². The molecule has 1 fully saturated rings. The van der Waals surface area contributed by atoms with Crippen molar-refractivity contribution in [3.63, 3.8) is 0 Å². The number of hydrogen-bond donors (Lipinski definition) is 0. The molecule has 1 unspecified atom stereocenters. The Morgan fingerprint density at radius 2 is 2.00 bits per heavy atom. The van der Waals surface area contributed by atoms with Crippen LogP contribution in [0.2, 0.25) is 11.1 Å². The van der Waals surface area contributed by atoms with Gasteiger partial charge in [0.05, 0.1) is 0 Å². The lowest BCUT2D eigenvalue weighted by Crippen LogP contribution is -2.56. The number of rotatable bonds is 3. The van der Waals surface area contributed by atoms with Crippen molar-refractivity contribution in [1.29, 1.82) is 0 Å². The van der Waals surface area contributed by atoms with Crippen LogP contribution in [-0.2, 0) is 9.22 Å². The molecule has 1 heterocycles. The lowest BCUT2D eigenvalue weighted by Gasteiger charge is -2.43. The molecule has 0 bridgehead atoms. The van der Waals surface area contributed by atoms with Crippen LogP contribution < -0.4 is 0 Å². The van der Waals surface area contributed by atoms with E-state index in [1.165, 1.54) is 6.42 Å². The largest absolute Gasteiger partial charge is 0.409 e. The highest BCUT2D eigenvalue weighted by Crippen LogP contribution is 2.43. The standard InChI is InChI=1S/C12H24O2Si/c1-5-8-11(13)15(12(2,3)4)10-7-6-9-14-15/h5-10H2,1-4H3. The van der Waals surface area contributed by atoms with Crippen molar-refractivity contribution in [1.82, 2.24) is 0 Å². The van der Waals surface area contributed by atoms with Gasteiger partial charge in [-0.15, -0.1) is 0 Å². The van der Waals surface area contributed by atoms with E-state index in [0.29, 0.717) is 11.8 Å². The molecular weight excluding hydrogens is 204 g/mol. The Hall–Kier alpha value is -0.153. The van der Waals surface area contributed by atoms with Crippen molar-refractivity contribution in [2.24, 2.45) is 0 Å². The van der Waals surface area contributed by atoms with Crippen molar-refractivity contribution in [3.8, 4) is 0 Å². The minimum absolute atomic E-state index is 0.0552. The molecule has 0 aromatic rings. The Labute approximate surface area is 94.5 Å². The fraction of sp³-hybridized carbons (Fsp3) is 0.917. The summed E-state index contributed by atoms with van der Waals surface area (Å²) in [6.07, 6.45) is 3.97. The highest BCUT2D eigenvalue weighted by molar-refractivity contribution is 7.03. The summed E-state index contributed by atoms with van der Waals surface area (Å²) in [5, 5.41) is 0.497. The van der Waals surface area contributed by atoms with Crippen molar-refractivity contribution in [2.75, 3.05) is 6.61 Å². The fourth-order valence-electron chi connectivity index (χ4n) is 2.45. The van der Waals surface area contributed by atoms with Crippen LogP contribution >= 0.6 is 0 Å². The summed E-state index contributed by atoms with van der Waals surface area (Å²) >= 11 is 0. The highest BCUT2D eigenvalue weighted by atomic mass is 28.4. The van der Waals surface area contributed by atoms with E-state index >= 15 is 0 Å². The average Bonchev–Trinajstić information content (AvgIpc) is 2.17. The molecule has 1 rings (SSSR count). The van der Waals surface area contributed by atoms with E-state index in [4.69, 9.17) is 4.43 Å². The zero-order valence-corrected chi connectivity index (χ0v) is 11.6. The third kappa shape index (κ3) is 2.51. The molecule has 3 heteroatoms. The number of carbonyl (C=O) groups excluding carboxylic acids is 1. The SMILES string of the molecule is CCCC(=O)[Si]1(C(C)(C)C)CCCCO1. The van der Waals surface area contributed by atoms with Gasteiger partial charge in [-0.05, 0) is 23.9 Å². The molecule has 0 saturated carbocycles. The Morgan fingerprint density at radius 3 is 2.40 bits per heavy atom. The van der Waals surface area contributed by atoms with E-state index in [2.05, 4.69) is 27.7 Å². The normalized spacial score (nSPS) is 27.7. The first kappa shape index (κ1) is 12.9. The van der Waals surface area contributed by atoms with E-state index in [0.717, 1.165) is 25.5 Å². The van der Waals surface area contributed by atoms with Gasteiger partial charge in [0.15, 0.2) is 0 Å². The Balaban J connectivity index is 2.90. The predicted octanol–water partition coefficient (Wildman–Crippen LogP) is 3.45. The van der Waals surface area contributed by atoms with Gasteiger partial charge < -0.3 is 9.22 Å². The Bertz CT molecular complexity index is 224. The molecule has 0 aromatic carbocycles. The van der Waals surface area contributed by atoms with Crippen LogP contribution in [0.4, 0.5) is 0 Å². The Morgan fingerprint density at radius 1 is 1.33 bits per heavy atom. The van der Waals surface area contributed by atoms with Gasteiger partial charge in [-0.3, -0.25) is 0 Å². The molecule has 0 N–H and O–H groups in total. The highest BCUT2D eigenvalue weighted by Gasteiger charge is 2.52. The van der Waals surface area contributed by atoms with E-state index in [1.807, 2.05) is 0 Å². The monoisotopic (exact) mass is 228 g/mol. The van der Waals surface area contributed by atoms with Gasteiger partial charge >= 0.3 is 0 Å². The molecule has 2 nitrogen and oxygen atoms in total. The smallest absolute Gasteiger partial charge is 0.269 e. The van der Waals surface area contributed by atoms with Crippen LogP contribution in [-0.4, -0.2) is 20.3 Å². The molecule has 0 spiro atoms. The van der Waals surface area contributed by atoms with Gasteiger partial charge in [-0.25, -0.2) is 0 Å². The summed E-state index contributed by atoms with van der Waals surface area (Å²) in [5.74, 6) is 0. The molecule has 88 valence electrons. The average molecular weight is 228 g/mol. The van der Waals surface area contributed by atoms with E-state index in [1.54, 1.807) is 0 Å². The van der Waals surface area contributed by atoms with Gasteiger partial charge in [0.2, 0.25) is 0 Å². The summed E-state index contributed by atoms with van der Waals surface area (Å²) in [5.41, 5.74) is 0. The topological polar surface area (TPSA) is 26.3 Å². The van der Waals surface area contributed by atoms with Crippen LogP contribution in [0.15, 0.2) is 0 Å². The summed E-state index contributed by atoms with van der Waals surface area (Å²) < 4.78 is 6.03. The maximum absolute atomic E-state index is 12.3. The molecule has 1 aliphatic rings. The van der Waals surface area contributed by atoms with E-state index in [-0.39, 0.29) is 5.04 Å². The molecule has 1 atom stereocenters. The van der Waals surface area contributed by atoms with Crippen LogP contribution in [0.1, 0.15) is 53.4 Å². The summed E-state index contributed by atoms with van der Waals surface area (Å²) in [4.78, 5) is 12.3. The molecule has 0 radical (unpaired) electrons. The zero-order chi connectivity index (χ0) is 11.5. The molecule has 0 aliphatic carbocycles. The first-order chi connectivity index (χ1) is 6.94. The molecular formula is C12H24O2Si. The summed E-state index contributed by atoms with van der Waals surface area (Å²) in [7, 11) is -2.15. The molecule has 1 aliphatic heterocycles. The molecule has 0 amide bonds. The lowest BCUT2D eigenvalue weighted by molar-refractivity contribution is -0.114.